The number of benzene rings is 1. The van der Waals surface area contributed by atoms with E-state index in [2.05, 4.69) is 57.8 Å². The van der Waals surface area contributed by atoms with Crippen LogP contribution in [-0.2, 0) is 25.1 Å². The third-order valence-electron chi connectivity index (χ3n) is 7.50. The van der Waals surface area contributed by atoms with Crippen molar-refractivity contribution < 1.29 is 23.5 Å². The second kappa shape index (κ2) is 18.7. The van der Waals surface area contributed by atoms with Gasteiger partial charge in [-0.3, -0.25) is 4.57 Å². The number of hydrogen-bond donors (Lipinski definition) is 2. The van der Waals surface area contributed by atoms with Gasteiger partial charge in [0.25, 0.3) is 0 Å². The van der Waals surface area contributed by atoms with Crippen LogP contribution in [0.5, 0.6) is 0 Å². The first kappa shape index (κ1) is 35.5. The summed E-state index contributed by atoms with van der Waals surface area (Å²) in [7, 11) is -4.53. The van der Waals surface area contributed by atoms with Gasteiger partial charge in [0.05, 0.1) is 32.2 Å². The van der Waals surface area contributed by atoms with Crippen LogP contribution in [0.2, 0.25) is 0 Å². The highest BCUT2D eigenvalue weighted by atomic mass is 32.3. The fourth-order valence-electron chi connectivity index (χ4n) is 4.95. The summed E-state index contributed by atoms with van der Waals surface area (Å²) in [6.45, 7) is 3.17. The fourth-order valence-corrected chi connectivity index (χ4v) is 7.88. The Hall–Kier alpha value is -2.01. The molecule has 43 heavy (non-hydrogen) atoms. The normalized spacial score (nSPS) is 14.6. The molecule has 0 radical (unpaired) electrons. The van der Waals surface area contributed by atoms with Gasteiger partial charge in [-0.1, -0.05) is 81.7 Å². The van der Waals surface area contributed by atoms with E-state index in [0.717, 1.165) is 12.8 Å². The van der Waals surface area contributed by atoms with Gasteiger partial charge in [-0.2, -0.15) is 0 Å². The Labute approximate surface area is 259 Å². The first-order valence-electron chi connectivity index (χ1n) is 15.5. The molecule has 0 aliphatic carbocycles. The zero-order valence-electron chi connectivity index (χ0n) is 26.2. The van der Waals surface area contributed by atoms with E-state index in [9.17, 15) is 9.46 Å². The Balaban J connectivity index is 1.10. The van der Waals surface area contributed by atoms with Crippen LogP contribution < -0.4 is 5.73 Å². The van der Waals surface area contributed by atoms with Crippen LogP contribution in [0.25, 0.3) is 11.2 Å². The van der Waals surface area contributed by atoms with Crippen molar-refractivity contribution in [2.75, 3.05) is 50.2 Å². The molecule has 0 bridgehead atoms. The van der Waals surface area contributed by atoms with Crippen molar-refractivity contribution in [1.82, 2.24) is 19.5 Å². The molecule has 242 valence electrons. The van der Waals surface area contributed by atoms with Crippen molar-refractivity contribution in [2.45, 2.75) is 88.7 Å². The predicted octanol–water partition coefficient (Wildman–Crippen LogP) is 7.01. The van der Waals surface area contributed by atoms with Crippen LogP contribution in [0.1, 0.15) is 71.1 Å². The number of fused-ring (bicyclic) bond motifs is 1. The Kier molecular flexibility index (Phi) is 15.4. The van der Waals surface area contributed by atoms with Gasteiger partial charge in [-0.15, -0.1) is 0 Å². The molecule has 0 spiro atoms. The maximum atomic E-state index is 12.3. The molecule has 0 amide bonds. The number of aromatic nitrogens is 4. The van der Waals surface area contributed by atoms with Gasteiger partial charge in [0, 0.05) is 6.61 Å². The lowest BCUT2D eigenvalue weighted by Crippen LogP contribution is -2.18. The van der Waals surface area contributed by atoms with Crippen LogP contribution in [-0.4, -0.2) is 74.9 Å². The molecule has 3 N–H and O–H groups in total. The number of nitrogens with two attached hydrogens (primary N) is 1. The SMILES string of the molecule is C[C@H](Cn1cnc2c(N)ncnc21)OCP(=O)(O)OCCOCCCCCCCCCCCCS(C)(C)c1ccccc1. The van der Waals surface area contributed by atoms with Crippen molar-refractivity contribution in [1.29, 1.82) is 0 Å². The average Bonchev–Trinajstić information content (AvgIpc) is 3.40. The number of nitrogens with zero attached hydrogens (tertiary/aromatic N) is 4. The zero-order valence-corrected chi connectivity index (χ0v) is 27.9. The minimum absolute atomic E-state index is 0.0545. The van der Waals surface area contributed by atoms with Gasteiger partial charge >= 0.3 is 7.60 Å². The first-order valence-corrected chi connectivity index (χ1v) is 19.9. The standard InChI is InChI=1S/C31H52N5O5PS/c1-27(23-36-25-35-29-30(32)33-24-34-31(29)36)40-26-42(37,38)41-21-20-39-19-15-10-8-6-4-5-7-9-11-16-22-43(2,3)28-17-13-12-14-18-28/h12-14,17-18,24-25,27H,4-11,15-16,19-23,26H2,1-3H3,(H,37,38)(H2,32,33,34)/t27-/m1/s1. The molecule has 0 aliphatic heterocycles. The van der Waals surface area contributed by atoms with E-state index < -0.39 is 24.0 Å². The number of rotatable bonds is 23. The summed E-state index contributed by atoms with van der Waals surface area (Å²) in [5, 5.41) is 0. The molecule has 3 rings (SSSR count). The summed E-state index contributed by atoms with van der Waals surface area (Å²) >= 11 is 0. The quantitative estimate of drug-likeness (QED) is 0.0831. The lowest BCUT2D eigenvalue weighted by atomic mass is 10.1. The van der Waals surface area contributed by atoms with Gasteiger partial charge in [0.2, 0.25) is 0 Å². The smallest absolute Gasteiger partial charge is 0.353 e. The van der Waals surface area contributed by atoms with Crippen molar-refractivity contribution in [3.05, 3.63) is 43.0 Å². The van der Waals surface area contributed by atoms with Crippen molar-refractivity contribution >= 4 is 34.6 Å². The molecule has 10 nitrogen and oxygen atoms in total. The predicted molar refractivity (Wildman–Crippen MR) is 177 cm³/mol. The average molecular weight is 638 g/mol. The van der Waals surface area contributed by atoms with E-state index in [1.54, 1.807) is 17.8 Å². The van der Waals surface area contributed by atoms with Gasteiger partial charge in [0.1, 0.15) is 18.2 Å². The molecule has 0 fully saturated rings. The molecule has 0 saturated carbocycles. The summed E-state index contributed by atoms with van der Waals surface area (Å²) in [6, 6.07) is 11.0. The lowest BCUT2D eigenvalue weighted by molar-refractivity contribution is 0.0610. The Morgan fingerprint density at radius 3 is 2.26 bits per heavy atom. The summed E-state index contributed by atoms with van der Waals surface area (Å²) in [4.78, 5) is 23.9. The third kappa shape index (κ3) is 13.3. The van der Waals surface area contributed by atoms with Gasteiger partial charge in [0.15, 0.2) is 11.5 Å². The molecule has 3 aromatic rings. The first-order chi connectivity index (χ1) is 20.7. The number of unbranched alkanes of at least 4 members (excludes halogenated alkanes) is 9. The van der Waals surface area contributed by atoms with E-state index in [4.69, 9.17) is 19.7 Å². The Morgan fingerprint density at radius 1 is 0.907 bits per heavy atom. The van der Waals surface area contributed by atoms with E-state index in [0.29, 0.717) is 30.1 Å². The molecule has 1 aromatic carbocycles. The molecular formula is C31H52N5O5PS. The van der Waals surface area contributed by atoms with Crippen LogP contribution in [0, 0.1) is 0 Å². The molecule has 0 saturated heterocycles. The number of ether oxygens (including phenoxy) is 2. The topological polar surface area (TPSA) is 135 Å². The van der Waals surface area contributed by atoms with E-state index in [1.165, 1.54) is 68.3 Å². The van der Waals surface area contributed by atoms with E-state index >= 15 is 0 Å². The van der Waals surface area contributed by atoms with Crippen molar-refractivity contribution in [3.8, 4) is 0 Å². The van der Waals surface area contributed by atoms with Crippen LogP contribution in [0.3, 0.4) is 0 Å². The maximum Gasteiger partial charge on any atom is 0.353 e. The highest BCUT2D eigenvalue weighted by Gasteiger charge is 2.22. The second-order valence-corrected chi connectivity index (χ2v) is 17.4. The molecule has 2 aromatic heterocycles. The Bertz CT molecular complexity index is 1250. The van der Waals surface area contributed by atoms with Gasteiger partial charge in [-0.25, -0.2) is 25.0 Å². The number of nitrogen functional groups attached to an aromatic ring is 1. The Morgan fingerprint density at radius 2 is 1.56 bits per heavy atom. The molecular weight excluding hydrogens is 585 g/mol. The van der Waals surface area contributed by atoms with Crippen LogP contribution in [0.15, 0.2) is 47.9 Å². The van der Waals surface area contributed by atoms with Crippen molar-refractivity contribution in [2.24, 2.45) is 0 Å². The minimum atomic E-state index is -3.87. The monoisotopic (exact) mass is 637 g/mol. The number of anilines is 1. The van der Waals surface area contributed by atoms with Crippen LogP contribution in [0.4, 0.5) is 5.82 Å². The summed E-state index contributed by atoms with van der Waals surface area (Å²) in [5.74, 6) is 1.64. The second-order valence-electron chi connectivity index (χ2n) is 11.6. The largest absolute Gasteiger partial charge is 0.382 e. The highest BCUT2D eigenvalue weighted by Crippen LogP contribution is 2.49. The van der Waals surface area contributed by atoms with Gasteiger partial charge in [-0.05, 0) is 42.9 Å². The summed E-state index contributed by atoms with van der Waals surface area (Å²) < 4.78 is 30.4. The fraction of sp³-hybridized carbons (Fsp3) is 0.645. The molecule has 2 heterocycles. The molecule has 1 unspecified atom stereocenters. The maximum absolute atomic E-state index is 12.3. The number of hydrogen-bond acceptors (Lipinski definition) is 8. The highest BCUT2D eigenvalue weighted by molar-refractivity contribution is 8.32. The lowest BCUT2D eigenvalue weighted by Gasteiger charge is -2.31. The van der Waals surface area contributed by atoms with Gasteiger partial charge < -0.3 is 29.2 Å². The minimum Gasteiger partial charge on any atom is -0.382 e. The molecule has 0 aliphatic rings. The van der Waals surface area contributed by atoms with E-state index in [-0.39, 0.29) is 19.3 Å². The number of imidazole rings is 1. The van der Waals surface area contributed by atoms with Crippen molar-refractivity contribution in [3.63, 3.8) is 0 Å². The molecule has 12 heteroatoms. The molecule has 2 atom stereocenters. The third-order valence-corrected chi connectivity index (χ3v) is 11.4. The van der Waals surface area contributed by atoms with Crippen LogP contribution >= 0.6 is 17.6 Å². The summed E-state index contributed by atoms with van der Waals surface area (Å²) in [6.07, 6.45) is 19.7. The summed E-state index contributed by atoms with van der Waals surface area (Å²) in [5.41, 5.74) is 6.92. The van der Waals surface area contributed by atoms with E-state index in [1.807, 2.05) is 0 Å². The zero-order chi connectivity index (χ0) is 31.0.